The number of anilines is 2. The van der Waals surface area contributed by atoms with E-state index in [1.165, 1.54) is 0 Å². The number of amides is 3. The van der Waals surface area contributed by atoms with Crippen molar-refractivity contribution >= 4 is 41.5 Å². The van der Waals surface area contributed by atoms with Crippen LogP contribution >= 0.6 is 12.4 Å². The van der Waals surface area contributed by atoms with E-state index in [0.29, 0.717) is 42.0 Å². The fourth-order valence-corrected chi connectivity index (χ4v) is 2.78. The third-order valence-electron chi connectivity index (χ3n) is 4.21. The molecule has 0 heterocycles. The fraction of sp³-hybridized carbons (Fsp3) is 0.318. The molecule has 0 saturated heterocycles. The van der Waals surface area contributed by atoms with Gasteiger partial charge in [-0.25, -0.2) is 0 Å². The second-order valence-corrected chi connectivity index (χ2v) is 7.22. The van der Waals surface area contributed by atoms with E-state index < -0.39 is 0 Å². The molecule has 0 spiro atoms. The van der Waals surface area contributed by atoms with E-state index in [2.05, 4.69) is 16.0 Å². The maximum Gasteiger partial charge on any atom is 0.255 e. The molecule has 0 aliphatic rings. The molecule has 3 amide bonds. The van der Waals surface area contributed by atoms with Crippen LogP contribution in [-0.4, -0.2) is 30.8 Å². The smallest absolute Gasteiger partial charge is 0.255 e. The van der Waals surface area contributed by atoms with Crippen molar-refractivity contribution in [1.82, 2.24) is 5.32 Å². The van der Waals surface area contributed by atoms with Gasteiger partial charge in [0.25, 0.3) is 11.8 Å². The summed E-state index contributed by atoms with van der Waals surface area (Å²) < 4.78 is 0. The van der Waals surface area contributed by atoms with Crippen molar-refractivity contribution in [2.45, 2.75) is 27.2 Å². The topological polar surface area (TPSA) is 113 Å². The number of benzene rings is 2. The van der Waals surface area contributed by atoms with Crippen LogP contribution in [0.1, 0.15) is 46.5 Å². The molecule has 0 fully saturated rings. The van der Waals surface area contributed by atoms with Crippen molar-refractivity contribution in [2.24, 2.45) is 11.7 Å². The first-order chi connectivity index (χ1) is 13.8. The largest absolute Gasteiger partial charge is 0.351 e. The number of rotatable bonds is 8. The lowest BCUT2D eigenvalue weighted by atomic mass is 10.1. The molecule has 0 aromatic heterocycles. The van der Waals surface area contributed by atoms with E-state index in [0.717, 1.165) is 5.56 Å². The summed E-state index contributed by atoms with van der Waals surface area (Å²) in [6, 6.07) is 11.8. The molecule has 0 radical (unpaired) electrons. The summed E-state index contributed by atoms with van der Waals surface area (Å²) in [5.41, 5.74) is 8.09. The summed E-state index contributed by atoms with van der Waals surface area (Å²) in [6.07, 6.45) is 0.435. The Bertz CT molecular complexity index is 900. The highest BCUT2D eigenvalue weighted by molar-refractivity contribution is 6.09. The first-order valence-electron chi connectivity index (χ1n) is 9.61. The number of nitrogens with two attached hydrogens (primary N) is 1. The van der Waals surface area contributed by atoms with Crippen LogP contribution in [0.3, 0.4) is 0 Å². The van der Waals surface area contributed by atoms with Gasteiger partial charge in [0.05, 0.1) is 11.3 Å². The van der Waals surface area contributed by atoms with Crippen LogP contribution in [0.2, 0.25) is 0 Å². The van der Waals surface area contributed by atoms with Gasteiger partial charge >= 0.3 is 0 Å². The Labute approximate surface area is 183 Å². The van der Waals surface area contributed by atoms with E-state index in [-0.39, 0.29) is 36.0 Å². The van der Waals surface area contributed by atoms with Gasteiger partial charge in [0.15, 0.2) is 0 Å². The van der Waals surface area contributed by atoms with E-state index in [1.807, 2.05) is 20.8 Å². The predicted octanol–water partition coefficient (Wildman–Crippen LogP) is 3.34. The Balaban J connectivity index is 0.00000450. The number of nitrogens with one attached hydrogen (secondary N) is 3. The number of aryl methyl sites for hydroxylation is 1. The van der Waals surface area contributed by atoms with Crippen LogP contribution in [0, 0.1) is 12.8 Å². The maximum absolute atomic E-state index is 12.7. The van der Waals surface area contributed by atoms with Gasteiger partial charge in [-0.1, -0.05) is 26.0 Å². The number of carbonyl (C=O) groups is 3. The highest BCUT2D eigenvalue weighted by Gasteiger charge is 2.15. The Morgan fingerprint density at radius 1 is 0.967 bits per heavy atom. The molecule has 7 nitrogen and oxygen atoms in total. The minimum atomic E-state index is -0.341. The molecule has 2 aromatic carbocycles. The molecule has 0 bridgehead atoms. The lowest BCUT2D eigenvalue weighted by molar-refractivity contribution is -0.116. The molecular formula is C22H29ClN4O3. The second-order valence-electron chi connectivity index (χ2n) is 7.22. The van der Waals surface area contributed by atoms with Crippen LogP contribution < -0.4 is 21.7 Å². The zero-order valence-electron chi connectivity index (χ0n) is 17.5. The average Bonchev–Trinajstić information content (AvgIpc) is 2.67. The highest BCUT2D eigenvalue weighted by Crippen LogP contribution is 2.20. The molecule has 0 aliphatic heterocycles. The Morgan fingerprint density at radius 3 is 2.30 bits per heavy atom. The second kappa shape index (κ2) is 11.9. The average molecular weight is 433 g/mol. The Hall–Kier alpha value is -2.90. The Morgan fingerprint density at radius 2 is 1.67 bits per heavy atom. The van der Waals surface area contributed by atoms with Gasteiger partial charge in [-0.05, 0) is 48.7 Å². The molecule has 0 aliphatic carbocycles. The van der Waals surface area contributed by atoms with E-state index in [1.54, 1.807) is 42.5 Å². The summed E-state index contributed by atoms with van der Waals surface area (Å²) in [6.45, 7) is 6.47. The summed E-state index contributed by atoms with van der Waals surface area (Å²) in [4.78, 5) is 36.9. The first kappa shape index (κ1) is 25.1. The SMILES string of the molecule is Cc1cc(C(=O)Nc2ccccc2C(=O)NCCN)ccc1NC(=O)CC(C)C.Cl. The fourth-order valence-electron chi connectivity index (χ4n) is 2.78. The van der Waals surface area contributed by atoms with E-state index in [9.17, 15) is 14.4 Å². The van der Waals surface area contributed by atoms with Crippen molar-refractivity contribution in [3.05, 3.63) is 59.2 Å². The van der Waals surface area contributed by atoms with Gasteiger partial charge < -0.3 is 21.7 Å². The molecule has 0 atom stereocenters. The molecule has 0 unspecified atom stereocenters. The summed E-state index contributed by atoms with van der Waals surface area (Å²) in [5, 5.41) is 8.34. The molecule has 30 heavy (non-hydrogen) atoms. The summed E-state index contributed by atoms with van der Waals surface area (Å²) in [7, 11) is 0. The molecule has 0 saturated carbocycles. The number of para-hydroxylation sites is 1. The number of carbonyl (C=O) groups excluding carboxylic acids is 3. The standard InChI is InChI=1S/C22H28N4O3.ClH/c1-14(2)12-20(27)25-18-9-8-16(13-15(18)3)21(28)26-19-7-5-4-6-17(19)22(29)24-11-10-23;/h4-9,13-14H,10-12,23H2,1-3H3,(H,24,29)(H,25,27)(H,26,28);1H. The molecular weight excluding hydrogens is 404 g/mol. The third-order valence-corrected chi connectivity index (χ3v) is 4.21. The van der Waals surface area contributed by atoms with E-state index in [4.69, 9.17) is 5.73 Å². The molecule has 5 N–H and O–H groups in total. The van der Waals surface area contributed by atoms with E-state index >= 15 is 0 Å². The van der Waals surface area contributed by atoms with Gasteiger partial charge in [-0.3, -0.25) is 14.4 Å². The van der Waals surface area contributed by atoms with Crippen LogP contribution in [-0.2, 0) is 4.79 Å². The van der Waals surface area contributed by atoms with Crippen LogP contribution in [0.25, 0.3) is 0 Å². The summed E-state index contributed by atoms with van der Waals surface area (Å²) in [5.74, 6) is -0.432. The molecule has 8 heteroatoms. The molecule has 2 aromatic rings. The molecule has 2 rings (SSSR count). The predicted molar refractivity (Wildman–Crippen MR) is 122 cm³/mol. The van der Waals surface area contributed by atoms with Crippen molar-refractivity contribution in [1.29, 1.82) is 0 Å². The van der Waals surface area contributed by atoms with Gasteiger partial charge in [-0.2, -0.15) is 0 Å². The lowest BCUT2D eigenvalue weighted by Crippen LogP contribution is -2.30. The van der Waals surface area contributed by atoms with Gasteiger partial charge in [-0.15, -0.1) is 12.4 Å². The normalized spacial score (nSPS) is 10.2. The minimum Gasteiger partial charge on any atom is -0.351 e. The third kappa shape index (κ3) is 7.17. The van der Waals surface area contributed by atoms with Crippen molar-refractivity contribution in [3.8, 4) is 0 Å². The monoisotopic (exact) mass is 432 g/mol. The zero-order chi connectivity index (χ0) is 21.4. The van der Waals surface area contributed by atoms with Crippen molar-refractivity contribution in [2.75, 3.05) is 23.7 Å². The van der Waals surface area contributed by atoms with Crippen LogP contribution in [0.4, 0.5) is 11.4 Å². The number of hydrogen-bond acceptors (Lipinski definition) is 4. The maximum atomic E-state index is 12.7. The highest BCUT2D eigenvalue weighted by atomic mass is 35.5. The van der Waals surface area contributed by atoms with Crippen molar-refractivity contribution in [3.63, 3.8) is 0 Å². The van der Waals surface area contributed by atoms with Crippen molar-refractivity contribution < 1.29 is 14.4 Å². The molecule has 162 valence electrons. The van der Waals surface area contributed by atoms with Gasteiger partial charge in [0, 0.05) is 30.8 Å². The zero-order valence-corrected chi connectivity index (χ0v) is 18.3. The lowest BCUT2D eigenvalue weighted by Gasteiger charge is -2.13. The number of hydrogen-bond donors (Lipinski definition) is 4. The summed E-state index contributed by atoms with van der Waals surface area (Å²) >= 11 is 0. The van der Waals surface area contributed by atoms with Gasteiger partial charge in [0.1, 0.15) is 0 Å². The minimum absolute atomic E-state index is 0. The number of halogens is 1. The first-order valence-corrected chi connectivity index (χ1v) is 9.61. The van der Waals surface area contributed by atoms with Crippen LogP contribution in [0.15, 0.2) is 42.5 Å². The van der Waals surface area contributed by atoms with Crippen LogP contribution in [0.5, 0.6) is 0 Å². The van der Waals surface area contributed by atoms with Gasteiger partial charge in [0.2, 0.25) is 5.91 Å². The Kier molecular flexibility index (Phi) is 10.0. The quantitative estimate of drug-likeness (QED) is 0.512.